The molecule has 1 fully saturated rings. The van der Waals surface area contributed by atoms with Crippen LogP contribution in [-0.4, -0.2) is 31.1 Å². The van der Waals surface area contributed by atoms with Crippen molar-refractivity contribution in [2.75, 3.05) is 20.1 Å². The minimum absolute atomic E-state index is 0.0261. The van der Waals surface area contributed by atoms with E-state index in [1.54, 1.807) is 0 Å². The highest BCUT2D eigenvalue weighted by molar-refractivity contribution is 6.42. The van der Waals surface area contributed by atoms with E-state index in [9.17, 15) is 0 Å². The number of azide groups is 1. The highest BCUT2D eigenvalue weighted by Gasteiger charge is 2.27. The summed E-state index contributed by atoms with van der Waals surface area (Å²) >= 11 is 11.9. The van der Waals surface area contributed by atoms with Crippen molar-refractivity contribution < 1.29 is 0 Å². The molecule has 1 aliphatic heterocycles. The van der Waals surface area contributed by atoms with Crippen molar-refractivity contribution in [3.8, 4) is 0 Å². The Balaban J connectivity index is 2.11. The first-order valence-electron chi connectivity index (χ1n) is 6.27. The van der Waals surface area contributed by atoms with Crippen LogP contribution >= 0.6 is 23.2 Å². The van der Waals surface area contributed by atoms with Gasteiger partial charge in [-0.25, -0.2) is 0 Å². The molecule has 0 radical (unpaired) electrons. The van der Waals surface area contributed by atoms with Gasteiger partial charge < -0.3 is 4.90 Å². The van der Waals surface area contributed by atoms with E-state index in [1.807, 2.05) is 18.2 Å². The first-order chi connectivity index (χ1) is 9.10. The molecule has 0 bridgehead atoms. The zero-order valence-electron chi connectivity index (χ0n) is 10.8. The zero-order chi connectivity index (χ0) is 13.8. The predicted octanol–water partition coefficient (Wildman–Crippen LogP) is 4.17. The SMILES string of the molecule is CN1CC[C@H](Cc2ccc(Cl)c(Cl)c2)[C@H](N=[N+]=[N-])C1. The Bertz CT molecular complexity index is 499. The highest BCUT2D eigenvalue weighted by atomic mass is 35.5. The molecule has 19 heavy (non-hydrogen) atoms. The van der Waals surface area contributed by atoms with Crippen molar-refractivity contribution in [2.24, 2.45) is 11.0 Å². The quantitative estimate of drug-likeness (QED) is 0.469. The van der Waals surface area contributed by atoms with Gasteiger partial charge in [-0.15, -0.1) is 0 Å². The third-order valence-electron chi connectivity index (χ3n) is 3.61. The van der Waals surface area contributed by atoms with Crippen LogP contribution in [0.25, 0.3) is 10.4 Å². The third kappa shape index (κ3) is 3.77. The van der Waals surface area contributed by atoms with E-state index in [2.05, 4.69) is 22.0 Å². The molecular weight excluding hydrogens is 283 g/mol. The molecule has 2 atom stereocenters. The molecule has 1 heterocycles. The second kappa shape index (κ2) is 6.49. The molecule has 6 heteroatoms. The van der Waals surface area contributed by atoms with Gasteiger partial charge in [0.15, 0.2) is 0 Å². The van der Waals surface area contributed by atoms with E-state index >= 15 is 0 Å². The first kappa shape index (κ1) is 14.5. The van der Waals surface area contributed by atoms with Crippen molar-refractivity contribution in [3.05, 3.63) is 44.3 Å². The van der Waals surface area contributed by atoms with Gasteiger partial charge >= 0.3 is 0 Å². The standard InChI is InChI=1S/C13H16Cl2N4/c1-19-5-4-10(13(8-19)17-18-16)6-9-2-3-11(14)12(15)7-9/h2-3,7,10,13H,4-6,8H2,1H3/t10-,13-/m1/s1. The Morgan fingerprint density at radius 2 is 2.21 bits per heavy atom. The molecule has 1 aromatic rings. The molecule has 1 aliphatic rings. The van der Waals surface area contributed by atoms with E-state index in [4.69, 9.17) is 28.7 Å². The van der Waals surface area contributed by atoms with Crippen molar-refractivity contribution in [1.82, 2.24) is 4.90 Å². The molecule has 0 saturated carbocycles. The van der Waals surface area contributed by atoms with Gasteiger partial charge in [0, 0.05) is 11.5 Å². The van der Waals surface area contributed by atoms with Crippen molar-refractivity contribution in [3.63, 3.8) is 0 Å². The summed E-state index contributed by atoms with van der Waals surface area (Å²) in [5.74, 6) is 0.365. The maximum Gasteiger partial charge on any atom is 0.0595 e. The molecule has 2 rings (SSSR count). The van der Waals surface area contributed by atoms with E-state index in [-0.39, 0.29) is 6.04 Å². The Labute approximate surface area is 122 Å². The normalized spacial score (nSPS) is 23.9. The Morgan fingerprint density at radius 1 is 1.42 bits per heavy atom. The summed E-state index contributed by atoms with van der Waals surface area (Å²) in [6.45, 7) is 1.85. The smallest absolute Gasteiger partial charge is 0.0595 e. The number of hydrogen-bond acceptors (Lipinski definition) is 2. The van der Waals surface area contributed by atoms with Crippen LogP contribution in [0.15, 0.2) is 23.3 Å². The summed E-state index contributed by atoms with van der Waals surface area (Å²) in [5.41, 5.74) is 9.81. The molecular formula is C13H16Cl2N4. The lowest BCUT2D eigenvalue weighted by atomic mass is 9.87. The van der Waals surface area contributed by atoms with Crippen LogP contribution in [-0.2, 0) is 6.42 Å². The first-order valence-corrected chi connectivity index (χ1v) is 7.02. The fraction of sp³-hybridized carbons (Fsp3) is 0.538. The summed E-state index contributed by atoms with van der Waals surface area (Å²) in [6.07, 6.45) is 1.90. The van der Waals surface area contributed by atoms with Crippen LogP contribution in [0.1, 0.15) is 12.0 Å². The Morgan fingerprint density at radius 3 is 2.89 bits per heavy atom. The van der Waals surface area contributed by atoms with E-state index in [1.165, 1.54) is 0 Å². The number of likely N-dealkylation sites (N-methyl/N-ethyl adjacent to an activating group) is 1. The lowest BCUT2D eigenvalue weighted by Crippen LogP contribution is -2.41. The topological polar surface area (TPSA) is 52.0 Å². The minimum Gasteiger partial charge on any atom is -0.306 e. The Hall–Kier alpha value is -0.930. The highest BCUT2D eigenvalue weighted by Crippen LogP contribution is 2.28. The van der Waals surface area contributed by atoms with Gasteiger partial charge in [0.2, 0.25) is 0 Å². The predicted molar refractivity (Wildman–Crippen MR) is 78.7 cm³/mol. The van der Waals surface area contributed by atoms with Crippen molar-refractivity contribution in [1.29, 1.82) is 0 Å². The average molecular weight is 299 g/mol. The summed E-state index contributed by atoms with van der Waals surface area (Å²) in [5, 5.41) is 5.08. The lowest BCUT2D eigenvalue weighted by molar-refractivity contribution is 0.190. The van der Waals surface area contributed by atoms with E-state index in [0.29, 0.717) is 16.0 Å². The second-order valence-corrected chi connectivity index (χ2v) is 5.85. The van der Waals surface area contributed by atoms with Crippen LogP contribution in [0.4, 0.5) is 0 Å². The summed E-state index contributed by atoms with van der Waals surface area (Å²) in [7, 11) is 2.05. The molecule has 0 aliphatic carbocycles. The molecule has 102 valence electrons. The fourth-order valence-corrected chi connectivity index (χ4v) is 2.86. The average Bonchev–Trinajstić information content (AvgIpc) is 2.37. The number of halogens is 2. The van der Waals surface area contributed by atoms with Crippen molar-refractivity contribution >= 4 is 23.2 Å². The number of piperidine rings is 1. The summed E-state index contributed by atoms with van der Waals surface area (Å²) in [4.78, 5) is 5.17. The number of nitrogens with zero attached hydrogens (tertiary/aromatic N) is 4. The molecule has 0 spiro atoms. The van der Waals surface area contributed by atoms with Crippen LogP contribution in [0.2, 0.25) is 10.0 Å². The van der Waals surface area contributed by atoms with Gasteiger partial charge in [-0.1, -0.05) is 34.4 Å². The molecule has 0 aromatic heterocycles. The van der Waals surface area contributed by atoms with Crippen LogP contribution in [0, 0.1) is 5.92 Å². The van der Waals surface area contributed by atoms with E-state index < -0.39 is 0 Å². The van der Waals surface area contributed by atoms with Crippen molar-refractivity contribution in [2.45, 2.75) is 18.9 Å². The molecule has 0 unspecified atom stereocenters. The number of hydrogen-bond donors (Lipinski definition) is 0. The Kier molecular flexibility index (Phi) is 4.94. The fourth-order valence-electron chi connectivity index (χ4n) is 2.54. The second-order valence-electron chi connectivity index (χ2n) is 5.04. The summed E-state index contributed by atoms with van der Waals surface area (Å²) < 4.78 is 0. The number of likely N-dealkylation sites (tertiary alicyclic amines) is 1. The molecule has 1 saturated heterocycles. The van der Waals surface area contributed by atoms with Gasteiger partial charge in [-0.3, -0.25) is 0 Å². The lowest BCUT2D eigenvalue weighted by Gasteiger charge is -2.34. The van der Waals surface area contributed by atoms with Gasteiger partial charge in [-0.2, -0.15) is 0 Å². The number of benzene rings is 1. The van der Waals surface area contributed by atoms with Gasteiger partial charge in [0.1, 0.15) is 0 Å². The van der Waals surface area contributed by atoms with Gasteiger partial charge in [0.25, 0.3) is 0 Å². The monoisotopic (exact) mass is 298 g/mol. The third-order valence-corrected chi connectivity index (χ3v) is 4.35. The molecule has 0 amide bonds. The van der Waals surface area contributed by atoms with Crippen LogP contribution in [0.5, 0.6) is 0 Å². The van der Waals surface area contributed by atoms with Gasteiger partial charge in [0.05, 0.1) is 16.1 Å². The number of rotatable bonds is 3. The molecule has 1 aromatic carbocycles. The molecule has 4 nitrogen and oxygen atoms in total. The van der Waals surface area contributed by atoms with Crippen LogP contribution in [0.3, 0.4) is 0 Å². The van der Waals surface area contributed by atoms with Crippen LogP contribution < -0.4 is 0 Å². The molecule has 0 N–H and O–H groups in total. The minimum atomic E-state index is 0.0261. The van der Waals surface area contributed by atoms with E-state index in [0.717, 1.165) is 31.5 Å². The maximum atomic E-state index is 8.67. The largest absolute Gasteiger partial charge is 0.306 e. The zero-order valence-corrected chi connectivity index (χ0v) is 12.3. The van der Waals surface area contributed by atoms with Gasteiger partial charge in [-0.05, 0) is 55.6 Å². The maximum absolute atomic E-state index is 8.67. The summed E-state index contributed by atoms with van der Waals surface area (Å²) in [6, 6.07) is 5.73.